The quantitative estimate of drug-likeness (QED) is 0.583. The van der Waals surface area contributed by atoms with E-state index in [0.29, 0.717) is 5.66 Å². The molecule has 0 spiro atoms. The first kappa shape index (κ1) is 14.4. The summed E-state index contributed by atoms with van der Waals surface area (Å²) in [6.45, 7) is 0. The van der Waals surface area contributed by atoms with E-state index in [1.165, 1.54) is 17.5 Å². The van der Waals surface area contributed by atoms with E-state index in [0.717, 1.165) is 6.42 Å². The molecule has 0 aliphatic rings. The van der Waals surface area contributed by atoms with Gasteiger partial charge in [-0.3, -0.25) is 0 Å². The molecular formula is C15H17NiP. The fourth-order valence-electron chi connectivity index (χ4n) is 1.83. The van der Waals surface area contributed by atoms with Crippen molar-refractivity contribution in [3.63, 3.8) is 0 Å². The standard InChI is InChI=1S/C15H17P.Ni/c16-15(14-9-5-2-6-10-14)12-11-13-7-3-1-4-8-13;/h1-10,15H,11-12,16H2;. The van der Waals surface area contributed by atoms with Gasteiger partial charge in [0, 0.05) is 16.5 Å². The summed E-state index contributed by atoms with van der Waals surface area (Å²) in [5, 5.41) is 0. The average Bonchev–Trinajstić information content (AvgIpc) is 2.38. The fraction of sp³-hybridized carbons (Fsp3) is 0.200. The van der Waals surface area contributed by atoms with Crippen LogP contribution >= 0.6 is 9.24 Å². The van der Waals surface area contributed by atoms with Gasteiger partial charge in [0.2, 0.25) is 0 Å². The smallest absolute Gasteiger partial charge is 0 e. The van der Waals surface area contributed by atoms with Gasteiger partial charge in [0.15, 0.2) is 0 Å². The molecular weight excluding hydrogens is 270 g/mol. The summed E-state index contributed by atoms with van der Waals surface area (Å²) in [5.74, 6) is 0. The van der Waals surface area contributed by atoms with E-state index in [-0.39, 0.29) is 16.5 Å². The Labute approximate surface area is 116 Å². The predicted molar refractivity (Wildman–Crippen MR) is 73.7 cm³/mol. The third-order valence-corrected chi connectivity index (χ3v) is 3.53. The molecule has 0 aromatic heterocycles. The molecule has 0 aliphatic carbocycles. The minimum absolute atomic E-state index is 0. The molecule has 2 atom stereocenters. The summed E-state index contributed by atoms with van der Waals surface area (Å²) in [4.78, 5) is 0. The number of hydrogen-bond donors (Lipinski definition) is 0. The zero-order chi connectivity index (χ0) is 11.2. The Morgan fingerprint density at radius 2 is 1.35 bits per heavy atom. The van der Waals surface area contributed by atoms with Gasteiger partial charge in [0.05, 0.1) is 0 Å². The maximum atomic E-state index is 2.94. The van der Waals surface area contributed by atoms with E-state index < -0.39 is 0 Å². The minimum atomic E-state index is 0. The van der Waals surface area contributed by atoms with Crippen LogP contribution in [0.5, 0.6) is 0 Å². The molecule has 0 amide bonds. The van der Waals surface area contributed by atoms with Gasteiger partial charge in [-0.25, -0.2) is 0 Å². The molecule has 0 aliphatic heterocycles. The van der Waals surface area contributed by atoms with E-state index in [1.54, 1.807) is 0 Å². The molecule has 17 heavy (non-hydrogen) atoms. The molecule has 2 heteroatoms. The summed E-state index contributed by atoms with van der Waals surface area (Å²) >= 11 is 0. The maximum absolute atomic E-state index is 2.94. The molecule has 2 aromatic carbocycles. The molecule has 92 valence electrons. The molecule has 0 saturated carbocycles. The molecule has 2 aromatic rings. The van der Waals surface area contributed by atoms with Crippen molar-refractivity contribution in [1.29, 1.82) is 0 Å². The molecule has 0 heterocycles. The van der Waals surface area contributed by atoms with Gasteiger partial charge >= 0.3 is 0 Å². The second kappa shape index (κ2) is 7.64. The largest absolute Gasteiger partial charge is 0.130 e. The van der Waals surface area contributed by atoms with Crippen molar-refractivity contribution in [2.45, 2.75) is 18.5 Å². The zero-order valence-electron chi connectivity index (χ0n) is 9.66. The summed E-state index contributed by atoms with van der Waals surface area (Å²) in [5.41, 5.74) is 3.38. The third kappa shape index (κ3) is 4.62. The van der Waals surface area contributed by atoms with Crippen molar-refractivity contribution in [2.24, 2.45) is 0 Å². The van der Waals surface area contributed by atoms with Crippen LogP contribution in [0.25, 0.3) is 0 Å². The van der Waals surface area contributed by atoms with Crippen LogP contribution in [-0.2, 0) is 22.9 Å². The molecule has 0 bridgehead atoms. The summed E-state index contributed by atoms with van der Waals surface area (Å²) < 4.78 is 0. The molecule has 2 rings (SSSR count). The number of aryl methyl sites for hydroxylation is 1. The Kier molecular flexibility index (Phi) is 6.49. The van der Waals surface area contributed by atoms with Crippen LogP contribution in [0.4, 0.5) is 0 Å². The van der Waals surface area contributed by atoms with Gasteiger partial charge in [-0.1, -0.05) is 60.7 Å². The monoisotopic (exact) mass is 286 g/mol. The Balaban J connectivity index is 0.00000144. The van der Waals surface area contributed by atoms with Gasteiger partial charge in [0.1, 0.15) is 0 Å². The van der Waals surface area contributed by atoms with Gasteiger partial charge in [-0.2, -0.15) is 0 Å². The first-order chi connectivity index (χ1) is 7.86. The molecule has 0 saturated heterocycles. The van der Waals surface area contributed by atoms with Crippen LogP contribution in [0.15, 0.2) is 60.7 Å². The van der Waals surface area contributed by atoms with Crippen molar-refractivity contribution >= 4 is 9.24 Å². The summed E-state index contributed by atoms with van der Waals surface area (Å²) in [7, 11) is 2.94. The predicted octanol–water partition coefficient (Wildman–Crippen LogP) is 4.23. The van der Waals surface area contributed by atoms with E-state index in [4.69, 9.17) is 0 Å². The minimum Gasteiger partial charge on any atom is -0.130 e. The van der Waals surface area contributed by atoms with Gasteiger partial charge in [-0.15, -0.1) is 9.24 Å². The molecule has 0 radical (unpaired) electrons. The topological polar surface area (TPSA) is 0 Å². The van der Waals surface area contributed by atoms with Crippen molar-refractivity contribution < 1.29 is 16.5 Å². The number of hydrogen-bond acceptors (Lipinski definition) is 0. The zero-order valence-corrected chi connectivity index (χ0v) is 11.8. The van der Waals surface area contributed by atoms with Crippen LogP contribution in [0, 0.1) is 0 Å². The van der Waals surface area contributed by atoms with Crippen LogP contribution in [0.1, 0.15) is 23.2 Å². The normalized spacial score (nSPS) is 11.6. The SMILES string of the molecule is PC(CCc1ccccc1)c1ccccc1.[Ni]. The van der Waals surface area contributed by atoms with Crippen molar-refractivity contribution in [3.8, 4) is 0 Å². The van der Waals surface area contributed by atoms with Crippen molar-refractivity contribution in [1.82, 2.24) is 0 Å². The average molecular weight is 287 g/mol. The van der Waals surface area contributed by atoms with Crippen LogP contribution in [0.3, 0.4) is 0 Å². The van der Waals surface area contributed by atoms with Gasteiger partial charge in [-0.05, 0) is 29.6 Å². The van der Waals surface area contributed by atoms with Gasteiger partial charge < -0.3 is 0 Å². The fourth-order valence-corrected chi connectivity index (χ4v) is 2.22. The number of rotatable bonds is 4. The van der Waals surface area contributed by atoms with E-state index in [2.05, 4.69) is 69.9 Å². The molecule has 0 nitrogen and oxygen atoms in total. The van der Waals surface area contributed by atoms with E-state index in [9.17, 15) is 0 Å². The van der Waals surface area contributed by atoms with E-state index in [1.807, 2.05) is 0 Å². The third-order valence-electron chi connectivity index (χ3n) is 2.81. The Bertz CT molecular complexity index is 413. The number of benzene rings is 2. The first-order valence-electron chi connectivity index (χ1n) is 5.71. The summed E-state index contributed by atoms with van der Waals surface area (Å²) in [6, 6.07) is 21.3. The summed E-state index contributed by atoms with van der Waals surface area (Å²) in [6.07, 6.45) is 2.32. The van der Waals surface area contributed by atoms with Crippen LogP contribution in [0.2, 0.25) is 0 Å². The molecule has 0 fully saturated rings. The van der Waals surface area contributed by atoms with Gasteiger partial charge in [0.25, 0.3) is 0 Å². The maximum Gasteiger partial charge on any atom is 0 e. The molecule has 2 unspecified atom stereocenters. The first-order valence-corrected chi connectivity index (χ1v) is 6.37. The van der Waals surface area contributed by atoms with Crippen LogP contribution in [-0.4, -0.2) is 0 Å². The Morgan fingerprint density at radius 1 is 0.824 bits per heavy atom. The van der Waals surface area contributed by atoms with E-state index >= 15 is 0 Å². The van der Waals surface area contributed by atoms with Crippen molar-refractivity contribution in [2.75, 3.05) is 0 Å². The van der Waals surface area contributed by atoms with Crippen LogP contribution < -0.4 is 0 Å². The second-order valence-electron chi connectivity index (χ2n) is 4.04. The van der Waals surface area contributed by atoms with Crippen molar-refractivity contribution in [3.05, 3.63) is 71.8 Å². The molecule has 0 N–H and O–H groups in total. The second-order valence-corrected chi connectivity index (χ2v) is 4.85. The Morgan fingerprint density at radius 3 is 1.94 bits per heavy atom. The Hall–Kier alpha value is -0.636.